The number of methoxy groups -OCH3 is 1. The van der Waals surface area contributed by atoms with E-state index in [1.807, 2.05) is 6.92 Å². The molecular weight excluding hydrogens is 337 g/mol. The Kier molecular flexibility index (Phi) is 7.17. The van der Waals surface area contributed by atoms with E-state index in [1.165, 1.54) is 18.4 Å². The Balaban J connectivity index is 2.01. The van der Waals surface area contributed by atoms with Crippen LogP contribution in [0.4, 0.5) is 4.39 Å². The standard InChI is InChI=1S/C19H26FN3O3/c1-4-21-18(23-13-19(2,24)17-6-5-11-26-17)22-12-16(25-3)14-7-9-15(20)10-8-14/h5-11,16,24H,4,12-13H2,1-3H3,(H2,21,22,23). The number of halogens is 1. The predicted molar refractivity (Wildman–Crippen MR) is 98.4 cm³/mol. The molecule has 2 atom stereocenters. The molecule has 0 spiro atoms. The van der Waals surface area contributed by atoms with Gasteiger partial charge in [-0.2, -0.15) is 0 Å². The summed E-state index contributed by atoms with van der Waals surface area (Å²) in [5.41, 5.74) is -0.344. The van der Waals surface area contributed by atoms with Crippen LogP contribution in [-0.2, 0) is 10.3 Å². The molecule has 0 aliphatic carbocycles. The average molecular weight is 363 g/mol. The van der Waals surface area contributed by atoms with Crippen molar-refractivity contribution in [2.24, 2.45) is 4.99 Å². The van der Waals surface area contributed by atoms with Crippen LogP contribution in [0.2, 0.25) is 0 Å². The minimum Gasteiger partial charge on any atom is -0.466 e. The molecule has 0 aliphatic rings. The molecule has 1 heterocycles. The Hall–Kier alpha value is -2.38. The topological polar surface area (TPSA) is 79.0 Å². The number of guanidine groups is 1. The van der Waals surface area contributed by atoms with E-state index < -0.39 is 5.60 Å². The van der Waals surface area contributed by atoms with E-state index >= 15 is 0 Å². The van der Waals surface area contributed by atoms with Crippen molar-refractivity contribution in [1.29, 1.82) is 0 Å². The fourth-order valence-corrected chi connectivity index (χ4v) is 2.44. The van der Waals surface area contributed by atoms with E-state index in [0.717, 1.165) is 5.56 Å². The van der Waals surface area contributed by atoms with E-state index in [-0.39, 0.29) is 18.5 Å². The van der Waals surface area contributed by atoms with Crippen molar-refractivity contribution in [2.75, 3.05) is 26.7 Å². The van der Waals surface area contributed by atoms with Gasteiger partial charge in [0.15, 0.2) is 5.96 Å². The second-order valence-electron chi connectivity index (χ2n) is 6.10. The fraction of sp³-hybridized carbons (Fsp3) is 0.421. The quantitative estimate of drug-likeness (QED) is 0.496. The van der Waals surface area contributed by atoms with Crippen LogP contribution in [0, 0.1) is 5.82 Å². The van der Waals surface area contributed by atoms with Crippen molar-refractivity contribution < 1.29 is 18.7 Å². The van der Waals surface area contributed by atoms with Crippen LogP contribution in [0.15, 0.2) is 52.1 Å². The molecule has 2 rings (SSSR count). The van der Waals surface area contributed by atoms with E-state index in [0.29, 0.717) is 24.8 Å². The number of benzene rings is 1. The molecule has 142 valence electrons. The van der Waals surface area contributed by atoms with Crippen molar-refractivity contribution in [1.82, 2.24) is 10.6 Å². The van der Waals surface area contributed by atoms with Crippen molar-refractivity contribution in [3.63, 3.8) is 0 Å². The first-order valence-corrected chi connectivity index (χ1v) is 8.53. The Morgan fingerprint density at radius 3 is 2.62 bits per heavy atom. The highest BCUT2D eigenvalue weighted by Crippen LogP contribution is 2.21. The van der Waals surface area contributed by atoms with Crippen LogP contribution in [0.3, 0.4) is 0 Å². The highest BCUT2D eigenvalue weighted by Gasteiger charge is 2.26. The van der Waals surface area contributed by atoms with Gasteiger partial charge >= 0.3 is 0 Å². The van der Waals surface area contributed by atoms with E-state index in [2.05, 4.69) is 15.6 Å². The number of hydrogen-bond acceptors (Lipinski definition) is 4. The van der Waals surface area contributed by atoms with Crippen LogP contribution in [0.25, 0.3) is 0 Å². The maximum Gasteiger partial charge on any atom is 0.191 e. The lowest BCUT2D eigenvalue weighted by Gasteiger charge is -2.21. The molecule has 2 unspecified atom stereocenters. The fourth-order valence-electron chi connectivity index (χ4n) is 2.44. The van der Waals surface area contributed by atoms with Crippen molar-refractivity contribution in [3.05, 3.63) is 59.8 Å². The third-order valence-electron chi connectivity index (χ3n) is 3.92. The SMILES string of the molecule is CCNC(=NCC(C)(O)c1ccco1)NCC(OC)c1ccc(F)cc1. The number of nitrogens with zero attached hydrogens (tertiary/aromatic N) is 1. The Labute approximate surface area is 153 Å². The molecule has 6 nitrogen and oxygen atoms in total. The predicted octanol–water partition coefficient (Wildman–Crippen LogP) is 2.57. The summed E-state index contributed by atoms with van der Waals surface area (Å²) in [6.07, 6.45) is 1.26. The van der Waals surface area contributed by atoms with Crippen LogP contribution in [0.5, 0.6) is 0 Å². The first-order valence-electron chi connectivity index (χ1n) is 8.53. The summed E-state index contributed by atoms with van der Waals surface area (Å²) < 4.78 is 23.8. The lowest BCUT2D eigenvalue weighted by molar-refractivity contribution is 0.0436. The molecule has 1 aromatic carbocycles. The monoisotopic (exact) mass is 363 g/mol. The van der Waals surface area contributed by atoms with Crippen LogP contribution < -0.4 is 10.6 Å². The maximum absolute atomic E-state index is 13.1. The first-order chi connectivity index (χ1) is 12.5. The van der Waals surface area contributed by atoms with Gasteiger partial charge in [-0.05, 0) is 43.7 Å². The zero-order chi connectivity index (χ0) is 19.0. The second kappa shape index (κ2) is 9.35. The highest BCUT2D eigenvalue weighted by atomic mass is 19.1. The summed E-state index contributed by atoms with van der Waals surface area (Å²) in [7, 11) is 1.60. The number of furan rings is 1. The van der Waals surface area contributed by atoms with E-state index in [1.54, 1.807) is 38.3 Å². The van der Waals surface area contributed by atoms with Crippen molar-refractivity contribution >= 4 is 5.96 Å². The Morgan fingerprint density at radius 2 is 2.04 bits per heavy atom. The van der Waals surface area contributed by atoms with Gasteiger partial charge in [-0.15, -0.1) is 0 Å². The van der Waals surface area contributed by atoms with Crippen LogP contribution >= 0.6 is 0 Å². The van der Waals surface area contributed by atoms with Gasteiger partial charge in [0.2, 0.25) is 0 Å². The summed E-state index contributed by atoms with van der Waals surface area (Å²) in [5.74, 6) is 0.716. The number of aliphatic imine (C=N–C) groups is 1. The minimum atomic E-state index is -1.20. The number of rotatable bonds is 8. The molecule has 2 aromatic rings. The molecular formula is C19H26FN3O3. The lowest BCUT2D eigenvalue weighted by Crippen LogP contribution is -2.40. The molecule has 0 saturated heterocycles. The van der Waals surface area contributed by atoms with E-state index in [4.69, 9.17) is 9.15 Å². The van der Waals surface area contributed by atoms with Gasteiger partial charge in [-0.3, -0.25) is 0 Å². The third kappa shape index (κ3) is 5.57. The van der Waals surface area contributed by atoms with E-state index in [9.17, 15) is 9.50 Å². The average Bonchev–Trinajstić information content (AvgIpc) is 3.17. The van der Waals surface area contributed by atoms with Gasteiger partial charge in [0.1, 0.15) is 17.2 Å². The van der Waals surface area contributed by atoms with Gasteiger partial charge in [0.25, 0.3) is 0 Å². The number of ether oxygens (including phenoxy) is 1. The molecule has 0 fully saturated rings. The van der Waals surface area contributed by atoms with Gasteiger partial charge in [0.05, 0.1) is 18.9 Å². The van der Waals surface area contributed by atoms with Crippen LogP contribution in [-0.4, -0.2) is 37.8 Å². The molecule has 3 N–H and O–H groups in total. The smallest absolute Gasteiger partial charge is 0.191 e. The highest BCUT2D eigenvalue weighted by molar-refractivity contribution is 5.79. The van der Waals surface area contributed by atoms with Gasteiger partial charge in [-0.25, -0.2) is 9.38 Å². The minimum absolute atomic E-state index is 0.129. The molecule has 0 radical (unpaired) electrons. The van der Waals surface area contributed by atoms with Gasteiger partial charge in [-0.1, -0.05) is 12.1 Å². The Morgan fingerprint density at radius 1 is 1.31 bits per heavy atom. The van der Waals surface area contributed by atoms with Crippen molar-refractivity contribution in [3.8, 4) is 0 Å². The largest absolute Gasteiger partial charge is 0.466 e. The molecule has 7 heteroatoms. The molecule has 26 heavy (non-hydrogen) atoms. The normalized spacial score (nSPS) is 15.3. The summed E-state index contributed by atoms with van der Waals surface area (Å²) >= 11 is 0. The van der Waals surface area contributed by atoms with Gasteiger partial charge < -0.3 is 24.9 Å². The van der Waals surface area contributed by atoms with Gasteiger partial charge in [0, 0.05) is 20.2 Å². The molecule has 0 bridgehead atoms. The molecule has 0 amide bonds. The molecule has 1 aromatic heterocycles. The molecule has 0 aliphatic heterocycles. The van der Waals surface area contributed by atoms with Crippen LogP contribution in [0.1, 0.15) is 31.3 Å². The summed E-state index contributed by atoms with van der Waals surface area (Å²) in [4.78, 5) is 4.42. The third-order valence-corrected chi connectivity index (χ3v) is 3.92. The maximum atomic E-state index is 13.1. The summed E-state index contributed by atoms with van der Waals surface area (Å²) in [6, 6.07) is 9.63. The lowest BCUT2D eigenvalue weighted by atomic mass is 10.0. The molecule has 0 saturated carbocycles. The number of hydrogen-bond donors (Lipinski definition) is 3. The zero-order valence-electron chi connectivity index (χ0n) is 15.3. The Bertz CT molecular complexity index is 685. The zero-order valence-corrected chi connectivity index (χ0v) is 15.3. The number of nitrogens with one attached hydrogen (secondary N) is 2. The number of aliphatic hydroxyl groups is 1. The van der Waals surface area contributed by atoms with Crippen molar-refractivity contribution in [2.45, 2.75) is 25.6 Å². The first kappa shape index (κ1) is 19.9. The second-order valence-corrected chi connectivity index (χ2v) is 6.10. The summed E-state index contributed by atoms with van der Waals surface area (Å²) in [6.45, 7) is 4.84. The summed E-state index contributed by atoms with van der Waals surface area (Å²) in [5, 5.41) is 16.8.